The van der Waals surface area contributed by atoms with Gasteiger partial charge in [-0.3, -0.25) is 9.69 Å². The van der Waals surface area contributed by atoms with Gasteiger partial charge in [0.1, 0.15) is 5.75 Å². The van der Waals surface area contributed by atoms with Gasteiger partial charge in [0.25, 0.3) is 0 Å². The minimum absolute atomic E-state index is 0.0147. The van der Waals surface area contributed by atoms with Crippen LogP contribution in [0.25, 0.3) is 11.4 Å². The van der Waals surface area contributed by atoms with Crippen LogP contribution in [0.4, 0.5) is 5.69 Å². The van der Waals surface area contributed by atoms with Crippen LogP contribution in [0.3, 0.4) is 0 Å². The molecule has 1 aliphatic rings. The first-order valence-corrected chi connectivity index (χ1v) is 12.4. The number of nitrogens with one attached hydrogen (secondary N) is 1. The summed E-state index contributed by atoms with van der Waals surface area (Å²) in [5.41, 5.74) is 1.55. The molecule has 1 unspecified atom stereocenters. The number of anilines is 1. The average Bonchev–Trinajstić information content (AvgIpc) is 3.34. The van der Waals surface area contributed by atoms with Crippen molar-refractivity contribution < 1.29 is 14.1 Å². The molecule has 35 heavy (non-hydrogen) atoms. The molecule has 7 nitrogen and oxygen atoms in total. The third-order valence-corrected chi connectivity index (χ3v) is 6.40. The van der Waals surface area contributed by atoms with Gasteiger partial charge in [0.05, 0.1) is 18.2 Å². The van der Waals surface area contributed by atoms with E-state index in [-0.39, 0.29) is 11.8 Å². The summed E-state index contributed by atoms with van der Waals surface area (Å²) in [6, 6.07) is 24.8. The van der Waals surface area contributed by atoms with Crippen LogP contribution in [-0.4, -0.2) is 34.0 Å². The molecule has 3 aromatic carbocycles. The van der Waals surface area contributed by atoms with E-state index < -0.39 is 0 Å². The Morgan fingerprint density at radius 1 is 1.09 bits per heavy atom. The van der Waals surface area contributed by atoms with E-state index in [9.17, 15) is 4.79 Å². The summed E-state index contributed by atoms with van der Waals surface area (Å²) in [5, 5.41) is 7.19. The number of para-hydroxylation sites is 3. The number of hydrogen-bond donors (Lipinski definition) is 1. The molecule has 0 spiro atoms. The number of rotatable bonds is 7. The van der Waals surface area contributed by atoms with Crippen LogP contribution in [-0.2, 0) is 11.3 Å². The summed E-state index contributed by atoms with van der Waals surface area (Å²) in [6.07, 6.45) is 1.75. The van der Waals surface area contributed by atoms with E-state index in [4.69, 9.17) is 9.26 Å². The highest BCUT2D eigenvalue weighted by Crippen LogP contribution is 2.30. The zero-order chi connectivity index (χ0) is 24.0. The van der Waals surface area contributed by atoms with Crippen LogP contribution >= 0.6 is 15.9 Å². The molecule has 8 heteroatoms. The zero-order valence-corrected chi connectivity index (χ0v) is 20.6. The first kappa shape index (κ1) is 23.3. The maximum Gasteiger partial charge on any atom is 0.241 e. The molecule has 1 aromatic heterocycles. The van der Waals surface area contributed by atoms with Crippen LogP contribution < -0.4 is 10.1 Å². The van der Waals surface area contributed by atoms with Gasteiger partial charge < -0.3 is 14.6 Å². The maximum atomic E-state index is 13.1. The molecule has 1 saturated heterocycles. The van der Waals surface area contributed by atoms with E-state index >= 15 is 0 Å². The zero-order valence-electron chi connectivity index (χ0n) is 19.1. The number of halogens is 1. The largest absolute Gasteiger partial charge is 0.455 e. The average molecular weight is 533 g/mol. The number of amides is 1. The fourth-order valence-corrected chi connectivity index (χ4v) is 4.58. The molecule has 2 heterocycles. The molecule has 1 amide bonds. The van der Waals surface area contributed by atoms with Crippen molar-refractivity contribution in [2.75, 3.05) is 18.4 Å². The second-order valence-electron chi connectivity index (χ2n) is 8.50. The molecule has 1 N–H and O–H groups in total. The van der Waals surface area contributed by atoms with Crippen molar-refractivity contribution in [1.82, 2.24) is 15.0 Å². The Hall–Kier alpha value is -3.49. The van der Waals surface area contributed by atoms with Gasteiger partial charge in [-0.25, -0.2) is 0 Å². The van der Waals surface area contributed by atoms with Crippen molar-refractivity contribution in [3.63, 3.8) is 0 Å². The fraction of sp³-hybridized carbons (Fsp3) is 0.222. The molecule has 4 aromatic rings. The molecular weight excluding hydrogens is 508 g/mol. The Morgan fingerprint density at radius 2 is 1.91 bits per heavy atom. The normalized spacial score (nSPS) is 16.1. The molecule has 0 aliphatic carbocycles. The van der Waals surface area contributed by atoms with Crippen LogP contribution in [0.1, 0.15) is 18.7 Å². The minimum atomic E-state index is -0.138. The Bertz CT molecular complexity index is 1290. The van der Waals surface area contributed by atoms with E-state index in [1.165, 1.54) is 0 Å². The quantitative estimate of drug-likeness (QED) is 0.307. The van der Waals surface area contributed by atoms with Crippen molar-refractivity contribution >= 4 is 27.5 Å². The SMILES string of the molecule is O=C(Nc1ccccc1Oc1ccccc1)C1CCCN(Cc2nc(-c3cccc(Br)c3)no2)C1. The van der Waals surface area contributed by atoms with E-state index in [0.717, 1.165) is 35.2 Å². The highest BCUT2D eigenvalue weighted by molar-refractivity contribution is 9.10. The highest BCUT2D eigenvalue weighted by Gasteiger charge is 2.27. The summed E-state index contributed by atoms with van der Waals surface area (Å²) < 4.78 is 12.4. The standard InChI is InChI=1S/C27H25BrN4O3/c28-21-10-6-8-19(16-21)26-30-25(35-31-26)18-32-15-7-9-20(17-32)27(33)29-23-13-4-5-14-24(23)34-22-11-2-1-3-12-22/h1-6,8,10-14,16,20H,7,9,15,17-18H2,(H,29,33). The number of hydrogen-bond acceptors (Lipinski definition) is 6. The number of nitrogens with zero attached hydrogens (tertiary/aromatic N) is 3. The molecule has 0 radical (unpaired) electrons. The summed E-state index contributed by atoms with van der Waals surface area (Å²) in [5.74, 6) is 2.29. The second-order valence-corrected chi connectivity index (χ2v) is 9.41. The predicted molar refractivity (Wildman–Crippen MR) is 137 cm³/mol. The lowest BCUT2D eigenvalue weighted by Gasteiger charge is -2.31. The van der Waals surface area contributed by atoms with E-state index in [1.54, 1.807) is 0 Å². The minimum Gasteiger partial charge on any atom is -0.455 e. The smallest absolute Gasteiger partial charge is 0.241 e. The number of ether oxygens (including phenoxy) is 1. The first-order chi connectivity index (χ1) is 17.1. The topological polar surface area (TPSA) is 80.5 Å². The number of carbonyl (C=O) groups excluding carboxylic acids is 1. The van der Waals surface area contributed by atoms with Crippen LogP contribution in [0.5, 0.6) is 11.5 Å². The van der Waals surface area contributed by atoms with Gasteiger partial charge in [-0.2, -0.15) is 4.98 Å². The molecular formula is C27H25BrN4O3. The lowest BCUT2D eigenvalue weighted by molar-refractivity contribution is -0.121. The Kier molecular flexibility index (Phi) is 7.20. The van der Waals surface area contributed by atoms with Crippen molar-refractivity contribution in [3.8, 4) is 22.9 Å². The third-order valence-electron chi connectivity index (χ3n) is 5.90. The Balaban J connectivity index is 1.21. The van der Waals surface area contributed by atoms with Crippen molar-refractivity contribution in [1.29, 1.82) is 0 Å². The number of aromatic nitrogens is 2. The van der Waals surface area contributed by atoms with Gasteiger partial charge >= 0.3 is 0 Å². The molecule has 1 fully saturated rings. The van der Waals surface area contributed by atoms with Crippen molar-refractivity contribution in [2.45, 2.75) is 19.4 Å². The van der Waals surface area contributed by atoms with Crippen molar-refractivity contribution in [3.05, 3.63) is 89.2 Å². The third kappa shape index (κ3) is 5.96. The van der Waals surface area contributed by atoms with Crippen LogP contribution in [0.15, 0.2) is 87.9 Å². The van der Waals surface area contributed by atoms with Gasteiger partial charge in [-0.1, -0.05) is 63.6 Å². The second kappa shape index (κ2) is 10.8. The van der Waals surface area contributed by atoms with Crippen LogP contribution in [0.2, 0.25) is 0 Å². The first-order valence-electron chi connectivity index (χ1n) is 11.6. The molecule has 1 atom stereocenters. The monoisotopic (exact) mass is 532 g/mol. The van der Waals surface area contributed by atoms with Crippen molar-refractivity contribution in [2.24, 2.45) is 5.92 Å². The summed E-state index contributed by atoms with van der Waals surface area (Å²) in [7, 11) is 0. The molecule has 5 rings (SSSR count). The van der Waals surface area contributed by atoms with E-state index in [1.807, 2.05) is 78.9 Å². The molecule has 0 saturated carbocycles. The van der Waals surface area contributed by atoms with Gasteiger partial charge in [0.2, 0.25) is 17.6 Å². The maximum absolute atomic E-state index is 13.1. The number of piperidine rings is 1. The summed E-state index contributed by atoms with van der Waals surface area (Å²) in [4.78, 5) is 19.9. The van der Waals surface area contributed by atoms with Gasteiger partial charge in [0.15, 0.2) is 5.75 Å². The van der Waals surface area contributed by atoms with Gasteiger partial charge in [-0.05, 0) is 55.8 Å². The van der Waals surface area contributed by atoms with E-state index in [0.29, 0.717) is 36.2 Å². The number of carbonyl (C=O) groups is 1. The van der Waals surface area contributed by atoms with Gasteiger partial charge in [0, 0.05) is 16.6 Å². The Labute approximate surface area is 212 Å². The lowest BCUT2D eigenvalue weighted by Crippen LogP contribution is -2.40. The van der Waals surface area contributed by atoms with Crippen LogP contribution in [0, 0.1) is 5.92 Å². The number of likely N-dealkylation sites (tertiary alicyclic amines) is 1. The van der Waals surface area contributed by atoms with E-state index in [2.05, 4.69) is 36.3 Å². The van der Waals surface area contributed by atoms with Gasteiger partial charge in [-0.15, -0.1) is 0 Å². The highest BCUT2D eigenvalue weighted by atomic mass is 79.9. The summed E-state index contributed by atoms with van der Waals surface area (Å²) >= 11 is 3.47. The predicted octanol–water partition coefficient (Wildman–Crippen LogP) is 6.14. The lowest BCUT2D eigenvalue weighted by atomic mass is 9.97. The molecule has 0 bridgehead atoms. The Morgan fingerprint density at radius 3 is 2.77 bits per heavy atom. The molecule has 1 aliphatic heterocycles. The fourth-order valence-electron chi connectivity index (χ4n) is 4.18. The number of benzene rings is 3. The summed E-state index contributed by atoms with van der Waals surface area (Å²) in [6.45, 7) is 2.02. The molecule has 178 valence electrons.